The van der Waals surface area contributed by atoms with E-state index in [1.807, 2.05) is 0 Å². The van der Waals surface area contributed by atoms with Crippen LogP contribution in [0.5, 0.6) is 0 Å². The number of amides is 1. The average Bonchev–Trinajstić information content (AvgIpc) is 2.09. The number of nitrogens with two attached hydrogens (primary N) is 1. The van der Waals surface area contributed by atoms with Crippen molar-refractivity contribution in [3.05, 3.63) is 29.0 Å². The minimum atomic E-state index is -0.575. The minimum Gasteiger partial charge on any atom is -0.322 e. The molecule has 3 nitrogen and oxygen atoms in total. The van der Waals surface area contributed by atoms with E-state index >= 15 is 0 Å². The summed E-state index contributed by atoms with van der Waals surface area (Å²) in [6, 6.07) is 3.98. The topological polar surface area (TPSA) is 55.1 Å². The molecular weight excluding hydrogens is 195 g/mol. The highest BCUT2D eigenvalue weighted by molar-refractivity contribution is 6.30. The molecule has 70 valence electrons. The van der Waals surface area contributed by atoms with E-state index in [1.165, 1.54) is 12.1 Å². The summed E-state index contributed by atoms with van der Waals surface area (Å²) in [5.41, 5.74) is 5.12. The van der Waals surface area contributed by atoms with Gasteiger partial charge in [0.2, 0.25) is 5.91 Å². The quantitative estimate of drug-likeness (QED) is 0.761. The Bertz CT molecular complexity index is 330. The van der Waals surface area contributed by atoms with Crippen LogP contribution in [0.15, 0.2) is 18.2 Å². The van der Waals surface area contributed by atoms with E-state index in [1.54, 1.807) is 0 Å². The predicted molar refractivity (Wildman–Crippen MR) is 49.1 cm³/mol. The second-order valence-electron chi connectivity index (χ2n) is 2.38. The van der Waals surface area contributed by atoms with Crippen molar-refractivity contribution in [2.45, 2.75) is 0 Å². The van der Waals surface area contributed by atoms with Gasteiger partial charge in [0.15, 0.2) is 0 Å². The Kier molecular flexibility index (Phi) is 3.22. The van der Waals surface area contributed by atoms with E-state index < -0.39 is 11.7 Å². The van der Waals surface area contributed by atoms with Crippen LogP contribution in [0.4, 0.5) is 10.1 Å². The molecule has 0 radical (unpaired) electrons. The third-order valence-electron chi connectivity index (χ3n) is 1.39. The highest BCUT2D eigenvalue weighted by Crippen LogP contribution is 2.18. The Labute approximate surface area is 79.7 Å². The Morgan fingerprint density at radius 2 is 2.31 bits per heavy atom. The number of benzene rings is 1. The van der Waals surface area contributed by atoms with Crippen molar-refractivity contribution < 1.29 is 9.18 Å². The van der Waals surface area contributed by atoms with Gasteiger partial charge >= 0.3 is 0 Å². The predicted octanol–water partition coefficient (Wildman–Crippen LogP) is 1.38. The fourth-order valence-corrected chi connectivity index (χ4v) is 0.951. The average molecular weight is 203 g/mol. The van der Waals surface area contributed by atoms with Crippen LogP contribution in [-0.4, -0.2) is 12.5 Å². The Hall–Kier alpha value is -1.13. The molecule has 0 aliphatic rings. The summed E-state index contributed by atoms with van der Waals surface area (Å²) in [4.78, 5) is 10.8. The standard InChI is InChI=1S/C8H8ClFN2O/c9-5-1-2-7(6(10)3-5)12-8(13)4-11/h1-3H,4,11H2,(H,12,13). The fourth-order valence-electron chi connectivity index (χ4n) is 0.792. The summed E-state index contributed by atoms with van der Waals surface area (Å²) in [7, 11) is 0. The van der Waals surface area contributed by atoms with Crippen LogP contribution < -0.4 is 11.1 Å². The van der Waals surface area contributed by atoms with Crippen LogP contribution in [0.2, 0.25) is 5.02 Å². The lowest BCUT2D eigenvalue weighted by Crippen LogP contribution is -2.22. The molecule has 5 heteroatoms. The maximum absolute atomic E-state index is 13.0. The molecular formula is C8H8ClFN2O. The Balaban J connectivity index is 2.83. The molecule has 0 spiro atoms. The van der Waals surface area contributed by atoms with Gasteiger partial charge in [-0.2, -0.15) is 0 Å². The monoisotopic (exact) mass is 202 g/mol. The molecule has 0 bridgehead atoms. The lowest BCUT2D eigenvalue weighted by Gasteiger charge is -2.04. The fraction of sp³-hybridized carbons (Fsp3) is 0.125. The van der Waals surface area contributed by atoms with Gasteiger partial charge in [-0.3, -0.25) is 4.79 Å². The van der Waals surface area contributed by atoms with Gasteiger partial charge in [-0.1, -0.05) is 11.6 Å². The molecule has 0 saturated heterocycles. The first kappa shape index (κ1) is 9.95. The van der Waals surface area contributed by atoms with E-state index in [2.05, 4.69) is 5.32 Å². The van der Waals surface area contributed by atoms with Crippen LogP contribution in [0.1, 0.15) is 0 Å². The minimum absolute atomic E-state index is 0.0832. The lowest BCUT2D eigenvalue weighted by atomic mass is 10.3. The number of carbonyl (C=O) groups is 1. The number of hydrogen-bond acceptors (Lipinski definition) is 2. The Morgan fingerprint density at radius 3 is 2.85 bits per heavy atom. The summed E-state index contributed by atoms with van der Waals surface area (Å²) < 4.78 is 13.0. The highest BCUT2D eigenvalue weighted by Gasteiger charge is 2.05. The summed E-state index contributed by atoms with van der Waals surface area (Å²) in [6.07, 6.45) is 0. The number of anilines is 1. The molecule has 1 rings (SSSR count). The van der Waals surface area contributed by atoms with Crippen molar-refractivity contribution in [3.8, 4) is 0 Å². The lowest BCUT2D eigenvalue weighted by molar-refractivity contribution is -0.114. The molecule has 13 heavy (non-hydrogen) atoms. The van der Waals surface area contributed by atoms with E-state index in [-0.39, 0.29) is 17.3 Å². The van der Waals surface area contributed by atoms with Crippen molar-refractivity contribution in [2.75, 3.05) is 11.9 Å². The van der Waals surface area contributed by atoms with Crippen LogP contribution >= 0.6 is 11.6 Å². The van der Waals surface area contributed by atoms with Gasteiger partial charge in [0.05, 0.1) is 12.2 Å². The second kappa shape index (κ2) is 4.20. The van der Waals surface area contributed by atoms with Crippen molar-refractivity contribution in [3.63, 3.8) is 0 Å². The maximum Gasteiger partial charge on any atom is 0.238 e. The third-order valence-corrected chi connectivity index (χ3v) is 1.63. The van der Waals surface area contributed by atoms with Gasteiger partial charge in [-0.05, 0) is 18.2 Å². The molecule has 0 saturated carbocycles. The number of nitrogens with one attached hydrogen (secondary N) is 1. The van der Waals surface area contributed by atoms with Gasteiger partial charge in [-0.15, -0.1) is 0 Å². The third kappa shape index (κ3) is 2.68. The van der Waals surface area contributed by atoms with Crippen LogP contribution in [0.3, 0.4) is 0 Å². The zero-order chi connectivity index (χ0) is 9.84. The van der Waals surface area contributed by atoms with E-state index in [4.69, 9.17) is 17.3 Å². The molecule has 3 N–H and O–H groups in total. The van der Waals surface area contributed by atoms with Gasteiger partial charge in [0.25, 0.3) is 0 Å². The summed E-state index contributed by atoms with van der Waals surface area (Å²) in [6.45, 7) is -0.179. The summed E-state index contributed by atoms with van der Waals surface area (Å²) in [5.74, 6) is -1.02. The molecule has 0 unspecified atom stereocenters. The SMILES string of the molecule is NCC(=O)Nc1ccc(Cl)cc1F. The van der Waals surface area contributed by atoms with E-state index in [0.29, 0.717) is 0 Å². The molecule has 0 aliphatic heterocycles. The second-order valence-corrected chi connectivity index (χ2v) is 2.81. The van der Waals surface area contributed by atoms with E-state index in [0.717, 1.165) is 6.07 Å². The normalized spacial score (nSPS) is 9.77. The van der Waals surface area contributed by atoms with Gasteiger partial charge < -0.3 is 11.1 Å². The number of rotatable bonds is 2. The number of carbonyl (C=O) groups excluding carboxylic acids is 1. The van der Waals surface area contributed by atoms with Gasteiger partial charge in [-0.25, -0.2) is 4.39 Å². The maximum atomic E-state index is 13.0. The molecule has 0 fully saturated rings. The molecule has 0 heterocycles. The Morgan fingerprint density at radius 1 is 1.62 bits per heavy atom. The summed E-state index contributed by atoms with van der Waals surface area (Å²) in [5, 5.41) is 2.57. The molecule has 1 aromatic rings. The number of hydrogen-bond donors (Lipinski definition) is 2. The first-order chi connectivity index (χ1) is 6.13. The number of halogens is 2. The van der Waals surface area contributed by atoms with Crippen LogP contribution in [0.25, 0.3) is 0 Å². The molecule has 1 amide bonds. The van der Waals surface area contributed by atoms with Crippen molar-refractivity contribution in [1.29, 1.82) is 0 Å². The molecule has 0 atom stereocenters. The molecule has 0 aliphatic carbocycles. The largest absolute Gasteiger partial charge is 0.322 e. The van der Waals surface area contributed by atoms with Gasteiger partial charge in [0.1, 0.15) is 5.82 Å². The highest BCUT2D eigenvalue weighted by atomic mass is 35.5. The van der Waals surface area contributed by atoms with Crippen molar-refractivity contribution >= 4 is 23.2 Å². The first-order valence-electron chi connectivity index (χ1n) is 3.58. The van der Waals surface area contributed by atoms with Crippen LogP contribution in [-0.2, 0) is 4.79 Å². The van der Waals surface area contributed by atoms with Crippen LogP contribution in [0, 0.1) is 5.82 Å². The van der Waals surface area contributed by atoms with Crippen molar-refractivity contribution in [2.24, 2.45) is 5.73 Å². The molecule has 0 aromatic heterocycles. The van der Waals surface area contributed by atoms with Gasteiger partial charge in [0, 0.05) is 5.02 Å². The zero-order valence-electron chi connectivity index (χ0n) is 6.68. The first-order valence-corrected chi connectivity index (χ1v) is 3.96. The summed E-state index contributed by atoms with van der Waals surface area (Å²) >= 11 is 5.51. The smallest absolute Gasteiger partial charge is 0.238 e. The van der Waals surface area contributed by atoms with Crippen molar-refractivity contribution in [1.82, 2.24) is 0 Å². The van der Waals surface area contributed by atoms with E-state index in [9.17, 15) is 9.18 Å². The zero-order valence-corrected chi connectivity index (χ0v) is 7.44. The molecule has 1 aromatic carbocycles.